The molecule has 2 heterocycles. The summed E-state index contributed by atoms with van der Waals surface area (Å²) in [7, 11) is 0. The number of carbonyl (C=O) groups excluding carboxylic acids is 1. The minimum Gasteiger partial charge on any atom is -0.481 e. The van der Waals surface area contributed by atoms with Gasteiger partial charge in [-0.05, 0) is 67.1 Å². The van der Waals surface area contributed by atoms with Crippen molar-refractivity contribution in [1.29, 1.82) is 0 Å². The molecule has 5 heteroatoms. The zero-order valence-corrected chi connectivity index (χ0v) is 22.2. The molecule has 1 unspecified atom stereocenters. The van der Waals surface area contributed by atoms with E-state index >= 15 is 0 Å². The summed E-state index contributed by atoms with van der Waals surface area (Å²) in [5.74, 6) is -0.200. The van der Waals surface area contributed by atoms with Gasteiger partial charge in [-0.3, -0.25) is 9.59 Å². The average Bonchev–Trinajstić information content (AvgIpc) is 3.49. The maximum absolute atomic E-state index is 13.7. The van der Waals surface area contributed by atoms with E-state index in [1.54, 1.807) is 0 Å². The number of hydrogen-bond acceptors (Lipinski definition) is 2. The molecule has 0 amide bonds. The van der Waals surface area contributed by atoms with Crippen molar-refractivity contribution >= 4 is 33.6 Å². The van der Waals surface area contributed by atoms with Crippen LogP contribution in [-0.2, 0) is 17.8 Å². The molecular weight excluding hydrogens is 472 g/mol. The predicted molar refractivity (Wildman–Crippen MR) is 153 cm³/mol. The minimum absolute atomic E-state index is 0.0263. The lowest BCUT2D eigenvalue weighted by Gasteiger charge is -2.17. The molecule has 0 spiro atoms. The summed E-state index contributed by atoms with van der Waals surface area (Å²) in [6.07, 6.45) is 5.66. The fraction of sp³-hybridized carbons (Fsp3) is 0.273. The van der Waals surface area contributed by atoms with E-state index in [1.165, 1.54) is 11.1 Å². The maximum Gasteiger partial charge on any atom is 0.303 e. The quantitative estimate of drug-likeness (QED) is 0.200. The molecule has 0 aliphatic rings. The van der Waals surface area contributed by atoms with Gasteiger partial charge in [0.05, 0.1) is 6.04 Å². The number of aliphatic carboxylic acids is 1. The normalized spacial score (nSPS) is 12.4. The van der Waals surface area contributed by atoms with Crippen LogP contribution >= 0.6 is 0 Å². The molecular formula is C33H34N2O3. The van der Waals surface area contributed by atoms with Crippen LogP contribution in [0.3, 0.4) is 0 Å². The van der Waals surface area contributed by atoms with Gasteiger partial charge in [-0.25, -0.2) is 0 Å². The Kier molecular flexibility index (Phi) is 7.19. The smallest absolute Gasteiger partial charge is 0.303 e. The van der Waals surface area contributed by atoms with Crippen LogP contribution in [-0.4, -0.2) is 26.0 Å². The van der Waals surface area contributed by atoms with E-state index in [4.69, 9.17) is 5.11 Å². The first kappa shape index (κ1) is 25.5. The predicted octanol–water partition coefficient (Wildman–Crippen LogP) is 7.50. The standard InChI is InChI=1S/C33H34N2O3/c1-22(2)19-24-10-12-25(13-11-24)23(3)35-18-16-26-20-27(14-15-30(26)35)33(38)29-21-34(17-6-9-32(36)37)31-8-5-4-7-28(29)31/h4-5,7-8,10-16,18,20-23H,6,9,17,19H2,1-3H3,(H,36,37). The lowest BCUT2D eigenvalue weighted by atomic mass is 9.99. The highest BCUT2D eigenvalue weighted by atomic mass is 16.4. The van der Waals surface area contributed by atoms with Crippen LogP contribution in [0, 0.1) is 5.92 Å². The molecule has 3 aromatic carbocycles. The van der Waals surface area contributed by atoms with Crippen LogP contribution in [0.25, 0.3) is 21.8 Å². The molecule has 0 saturated carbocycles. The molecule has 0 fully saturated rings. The highest BCUT2D eigenvalue weighted by Gasteiger charge is 2.18. The van der Waals surface area contributed by atoms with E-state index in [2.05, 4.69) is 61.9 Å². The second-order valence-electron chi connectivity index (χ2n) is 10.6. The second-order valence-corrected chi connectivity index (χ2v) is 10.6. The molecule has 0 aliphatic carbocycles. The van der Waals surface area contributed by atoms with E-state index in [-0.39, 0.29) is 18.2 Å². The van der Waals surface area contributed by atoms with Crippen LogP contribution < -0.4 is 0 Å². The molecule has 5 nitrogen and oxygen atoms in total. The van der Waals surface area contributed by atoms with Gasteiger partial charge < -0.3 is 14.2 Å². The number of para-hydroxylation sites is 1. The molecule has 0 saturated heterocycles. The Labute approximate surface area is 223 Å². The molecule has 1 atom stereocenters. The molecule has 194 valence electrons. The highest BCUT2D eigenvalue weighted by Crippen LogP contribution is 2.29. The lowest BCUT2D eigenvalue weighted by molar-refractivity contribution is -0.137. The second kappa shape index (κ2) is 10.7. The molecule has 5 rings (SSSR count). The zero-order chi connectivity index (χ0) is 26.8. The minimum atomic E-state index is -0.810. The first-order valence-electron chi connectivity index (χ1n) is 13.4. The molecule has 0 aliphatic heterocycles. The summed E-state index contributed by atoms with van der Waals surface area (Å²) in [4.78, 5) is 24.6. The van der Waals surface area contributed by atoms with Gasteiger partial charge in [0.1, 0.15) is 0 Å². The monoisotopic (exact) mass is 506 g/mol. The van der Waals surface area contributed by atoms with Crippen molar-refractivity contribution in [1.82, 2.24) is 9.13 Å². The molecule has 38 heavy (non-hydrogen) atoms. The van der Waals surface area contributed by atoms with Crippen LogP contribution in [0.15, 0.2) is 85.2 Å². The number of hydrogen-bond donors (Lipinski definition) is 1. The van der Waals surface area contributed by atoms with Crippen LogP contribution in [0.2, 0.25) is 0 Å². The topological polar surface area (TPSA) is 64.2 Å². The number of carboxylic acid groups (broad SMARTS) is 1. The number of aryl methyl sites for hydroxylation is 1. The van der Waals surface area contributed by atoms with Crippen molar-refractivity contribution in [3.8, 4) is 0 Å². The van der Waals surface area contributed by atoms with Crippen molar-refractivity contribution in [3.63, 3.8) is 0 Å². The van der Waals surface area contributed by atoms with Gasteiger partial charge in [0.15, 0.2) is 5.78 Å². The molecule has 0 bridgehead atoms. The third kappa shape index (κ3) is 5.14. The number of benzene rings is 3. The van der Waals surface area contributed by atoms with Gasteiger partial charge in [-0.1, -0.05) is 56.3 Å². The number of carboxylic acids is 1. The van der Waals surface area contributed by atoms with Crippen molar-refractivity contribution in [2.24, 2.45) is 5.92 Å². The highest BCUT2D eigenvalue weighted by molar-refractivity contribution is 6.17. The van der Waals surface area contributed by atoms with Gasteiger partial charge >= 0.3 is 5.97 Å². The third-order valence-corrected chi connectivity index (χ3v) is 7.33. The summed E-state index contributed by atoms with van der Waals surface area (Å²) in [6, 6.07) is 24.9. The summed E-state index contributed by atoms with van der Waals surface area (Å²) in [6.45, 7) is 7.23. The van der Waals surface area contributed by atoms with Gasteiger partial charge in [-0.2, -0.15) is 0 Å². The Morgan fingerprint density at radius 2 is 1.66 bits per heavy atom. The van der Waals surface area contributed by atoms with Gasteiger partial charge in [0, 0.05) is 58.3 Å². The number of aromatic nitrogens is 2. The summed E-state index contributed by atoms with van der Waals surface area (Å²) in [5, 5.41) is 10.9. The third-order valence-electron chi connectivity index (χ3n) is 7.33. The Balaban J connectivity index is 1.42. The van der Waals surface area contributed by atoms with Crippen LogP contribution in [0.5, 0.6) is 0 Å². The average molecular weight is 507 g/mol. The fourth-order valence-electron chi connectivity index (χ4n) is 5.38. The first-order valence-corrected chi connectivity index (χ1v) is 13.4. The van der Waals surface area contributed by atoms with Crippen molar-refractivity contribution in [2.45, 2.75) is 52.6 Å². The molecule has 5 aromatic rings. The van der Waals surface area contributed by atoms with Crippen molar-refractivity contribution < 1.29 is 14.7 Å². The maximum atomic E-state index is 13.7. The number of ketones is 1. The fourth-order valence-corrected chi connectivity index (χ4v) is 5.38. The Hall–Kier alpha value is -4.12. The summed E-state index contributed by atoms with van der Waals surface area (Å²) < 4.78 is 4.25. The van der Waals surface area contributed by atoms with E-state index in [0.717, 1.165) is 28.2 Å². The lowest BCUT2D eigenvalue weighted by Crippen LogP contribution is -2.06. The Morgan fingerprint density at radius 3 is 2.39 bits per heavy atom. The summed E-state index contributed by atoms with van der Waals surface area (Å²) in [5.41, 5.74) is 5.95. The zero-order valence-electron chi connectivity index (χ0n) is 22.2. The van der Waals surface area contributed by atoms with Gasteiger partial charge in [0.2, 0.25) is 0 Å². The SMILES string of the molecule is CC(C)Cc1ccc(C(C)n2ccc3cc(C(=O)c4cn(CCCC(=O)O)c5ccccc45)ccc32)cc1. The number of nitrogens with zero attached hydrogens (tertiary/aromatic N) is 2. The van der Waals surface area contributed by atoms with Crippen LogP contribution in [0.1, 0.15) is 66.7 Å². The van der Waals surface area contributed by atoms with E-state index in [9.17, 15) is 9.59 Å². The van der Waals surface area contributed by atoms with Crippen molar-refractivity contribution in [2.75, 3.05) is 0 Å². The first-order chi connectivity index (χ1) is 18.3. The number of carbonyl (C=O) groups is 2. The Bertz CT molecular complexity index is 1600. The van der Waals surface area contributed by atoms with E-state index < -0.39 is 5.97 Å². The van der Waals surface area contributed by atoms with Gasteiger partial charge in [-0.15, -0.1) is 0 Å². The van der Waals surface area contributed by atoms with Gasteiger partial charge in [0.25, 0.3) is 0 Å². The summed E-state index contributed by atoms with van der Waals surface area (Å²) >= 11 is 0. The number of rotatable bonds is 10. The van der Waals surface area contributed by atoms with Crippen LogP contribution in [0.4, 0.5) is 0 Å². The largest absolute Gasteiger partial charge is 0.481 e. The van der Waals surface area contributed by atoms with E-state index in [1.807, 2.05) is 53.2 Å². The molecule has 0 radical (unpaired) electrons. The Morgan fingerprint density at radius 1 is 0.895 bits per heavy atom. The van der Waals surface area contributed by atoms with Crippen molar-refractivity contribution in [3.05, 3.63) is 107 Å². The molecule has 2 aromatic heterocycles. The van der Waals surface area contributed by atoms with E-state index in [0.29, 0.717) is 30.0 Å². The number of fused-ring (bicyclic) bond motifs is 2. The molecule has 1 N–H and O–H groups in total.